The van der Waals surface area contributed by atoms with Crippen LogP contribution in [0.5, 0.6) is 17.4 Å². The SMILES string of the molecule is CC(C)OCCNS(=O)(=O)CCCc1ccc(OC(C)C)cc1Oc1ncc(C(F)(F)F)cc1Cl. The highest BCUT2D eigenvalue weighted by atomic mass is 35.5. The van der Waals surface area contributed by atoms with Crippen LogP contribution < -0.4 is 14.2 Å². The van der Waals surface area contributed by atoms with E-state index in [1.54, 1.807) is 18.2 Å². The Morgan fingerprint density at radius 3 is 2.43 bits per heavy atom. The van der Waals surface area contributed by atoms with Gasteiger partial charge in [0.25, 0.3) is 0 Å². The topological polar surface area (TPSA) is 86.8 Å². The number of rotatable bonds is 13. The van der Waals surface area contributed by atoms with Crippen molar-refractivity contribution in [1.29, 1.82) is 0 Å². The van der Waals surface area contributed by atoms with E-state index in [1.807, 2.05) is 27.7 Å². The standard InChI is InChI=1S/C23H30ClF3N2O5S/c1-15(2)32-10-9-29-35(30,31)11-5-6-17-7-8-19(33-16(3)4)13-21(17)34-22-20(24)12-18(14-28-22)23(25,26)27/h7-8,12-16,29H,5-6,9-11H2,1-4H3. The van der Waals surface area contributed by atoms with Crippen LogP contribution in [-0.2, 0) is 27.4 Å². The summed E-state index contributed by atoms with van der Waals surface area (Å²) < 4.78 is 82.4. The van der Waals surface area contributed by atoms with Gasteiger partial charge in [-0.2, -0.15) is 13.2 Å². The zero-order valence-corrected chi connectivity index (χ0v) is 21.6. The lowest BCUT2D eigenvalue weighted by atomic mass is 10.1. The number of alkyl halides is 3. The molecule has 0 amide bonds. The lowest BCUT2D eigenvalue weighted by Crippen LogP contribution is -2.30. The molecule has 0 bridgehead atoms. The molecule has 1 aromatic heterocycles. The highest BCUT2D eigenvalue weighted by Gasteiger charge is 2.32. The van der Waals surface area contributed by atoms with E-state index in [-0.39, 0.29) is 54.2 Å². The van der Waals surface area contributed by atoms with Gasteiger partial charge in [0, 0.05) is 18.8 Å². The molecule has 12 heteroatoms. The Kier molecular flexibility index (Phi) is 10.6. The van der Waals surface area contributed by atoms with E-state index in [9.17, 15) is 21.6 Å². The molecule has 196 valence electrons. The fourth-order valence-corrected chi connectivity index (χ4v) is 4.23. The molecular weight excluding hydrogens is 509 g/mol. The minimum Gasteiger partial charge on any atom is -0.491 e. The number of aromatic nitrogens is 1. The molecule has 0 saturated heterocycles. The molecule has 1 N–H and O–H groups in total. The number of nitrogens with one attached hydrogen (secondary N) is 1. The van der Waals surface area contributed by atoms with E-state index in [0.717, 1.165) is 6.07 Å². The molecule has 2 aromatic rings. The smallest absolute Gasteiger partial charge is 0.417 e. The van der Waals surface area contributed by atoms with Crippen LogP contribution in [-0.4, -0.2) is 44.5 Å². The van der Waals surface area contributed by atoms with Gasteiger partial charge in [-0.05, 0) is 58.2 Å². The fraction of sp³-hybridized carbons (Fsp3) is 0.522. The molecule has 0 spiro atoms. The summed E-state index contributed by atoms with van der Waals surface area (Å²) in [6.45, 7) is 7.85. The van der Waals surface area contributed by atoms with Crippen LogP contribution >= 0.6 is 11.6 Å². The molecule has 0 aliphatic heterocycles. The first-order valence-corrected chi connectivity index (χ1v) is 13.1. The molecule has 35 heavy (non-hydrogen) atoms. The van der Waals surface area contributed by atoms with Crippen LogP contribution in [0.4, 0.5) is 13.2 Å². The Labute approximate surface area is 209 Å². The van der Waals surface area contributed by atoms with Crippen molar-refractivity contribution >= 4 is 21.6 Å². The molecule has 0 atom stereocenters. The second-order valence-electron chi connectivity index (χ2n) is 8.28. The van der Waals surface area contributed by atoms with Gasteiger partial charge in [0.05, 0.1) is 30.1 Å². The number of ether oxygens (including phenoxy) is 3. The predicted molar refractivity (Wildman–Crippen MR) is 128 cm³/mol. The Hall–Kier alpha value is -2.08. The van der Waals surface area contributed by atoms with Crippen LogP contribution in [0.25, 0.3) is 0 Å². The molecule has 0 fully saturated rings. The summed E-state index contributed by atoms with van der Waals surface area (Å²) >= 11 is 5.99. The Morgan fingerprint density at radius 1 is 1.11 bits per heavy atom. The van der Waals surface area contributed by atoms with Crippen LogP contribution in [0.15, 0.2) is 30.5 Å². The van der Waals surface area contributed by atoms with E-state index < -0.39 is 21.8 Å². The molecule has 2 rings (SSSR count). The van der Waals surface area contributed by atoms with Crippen molar-refractivity contribution in [2.75, 3.05) is 18.9 Å². The van der Waals surface area contributed by atoms with Gasteiger partial charge in [-0.15, -0.1) is 0 Å². The number of nitrogens with zero attached hydrogens (tertiary/aromatic N) is 1. The summed E-state index contributed by atoms with van der Waals surface area (Å²) in [5.74, 6) is 0.397. The molecule has 0 saturated carbocycles. The van der Waals surface area contributed by atoms with Gasteiger partial charge in [0.1, 0.15) is 16.5 Å². The third-order valence-corrected chi connectivity index (χ3v) is 6.23. The van der Waals surface area contributed by atoms with Crippen molar-refractivity contribution in [3.8, 4) is 17.4 Å². The van der Waals surface area contributed by atoms with E-state index in [4.69, 9.17) is 25.8 Å². The number of hydrogen-bond acceptors (Lipinski definition) is 6. The average Bonchev–Trinajstić information content (AvgIpc) is 2.73. The Morgan fingerprint density at radius 2 is 1.83 bits per heavy atom. The second kappa shape index (κ2) is 12.8. The van der Waals surface area contributed by atoms with Crippen LogP contribution in [0.3, 0.4) is 0 Å². The minimum atomic E-state index is -4.59. The second-order valence-corrected chi connectivity index (χ2v) is 10.6. The van der Waals surface area contributed by atoms with Gasteiger partial charge in [-0.25, -0.2) is 18.1 Å². The van der Waals surface area contributed by atoms with E-state index >= 15 is 0 Å². The maximum absolute atomic E-state index is 12.9. The molecule has 0 radical (unpaired) electrons. The number of hydrogen-bond donors (Lipinski definition) is 1. The summed E-state index contributed by atoms with van der Waals surface area (Å²) in [6.07, 6.45) is -3.48. The zero-order valence-electron chi connectivity index (χ0n) is 20.0. The van der Waals surface area contributed by atoms with Crippen LogP contribution in [0.2, 0.25) is 5.02 Å². The lowest BCUT2D eigenvalue weighted by Gasteiger charge is -2.16. The summed E-state index contributed by atoms with van der Waals surface area (Å²) in [4.78, 5) is 3.71. The number of aryl methyl sites for hydroxylation is 1. The van der Waals surface area contributed by atoms with Crippen molar-refractivity contribution in [2.45, 2.75) is 58.9 Å². The number of benzene rings is 1. The van der Waals surface area contributed by atoms with E-state index in [2.05, 4.69) is 9.71 Å². The van der Waals surface area contributed by atoms with E-state index in [0.29, 0.717) is 23.9 Å². The molecule has 7 nitrogen and oxygen atoms in total. The molecule has 0 unspecified atom stereocenters. The van der Waals surface area contributed by atoms with Gasteiger partial charge < -0.3 is 14.2 Å². The lowest BCUT2D eigenvalue weighted by molar-refractivity contribution is -0.137. The predicted octanol–water partition coefficient (Wildman–Crippen LogP) is 5.61. The Balaban J connectivity index is 2.14. The van der Waals surface area contributed by atoms with E-state index in [1.165, 1.54) is 0 Å². The van der Waals surface area contributed by atoms with Crippen LogP contribution in [0.1, 0.15) is 45.2 Å². The third kappa shape index (κ3) is 10.2. The van der Waals surface area contributed by atoms with Crippen molar-refractivity contribution in [3.63, 3.8) is 0 Å². The zero-order chi connectivity index (χ0) is 26.2. The van der Waals surface area contributed by atoms with Gasteiger partial charge >= 0.3 is 6.18 Å². The maximum atomic E-state index is 12.9. The summed E-state index contributed by atoms with van der Waals surface area (Å²) in [7, 11) is -3.51. The first-order valence-electron chi connectivity index (χ1n) is 11.1. The quantitative estimate of drug-likeness (QED) is 0.334. The van der Waals surface area contributed by atoms with Crippen LogP contribution in [0, 0.1) is 0 Å². The number of sulfonamides is 1. The average molecular weight is 539 g/mol. The maximum Gasteiger partial charge on any atom is 0.417 e. The third-order valence-electron chi connectivity index (χ3n) is 4.49. The van der Waals surface area contributed by atoms with Crippen molar-refractivity contribution in [2.24, 2.45) is 0 Å². The highest BCUT2D eigenvalue weighted by molar-refractivity contribution is 7.89. The van der Waals surface area contributed by atoms with Crippen molar-refractivity contribution < 1.29 is 35.8 Å². The normalized spacial score (nSPS) is 12.4. The monoisotopic (exact) mass is 538 g/mol. The first-order chi connectivity index (χ1) is 16.3. The molecular formula is C23H30ClF3N2O5S. The van der Waals surface area contributed by atoms with Gasteiger partial charge in [-0.1, -0.05) is 17.7 Å². The van der Waals surface area contributed by atoms with Gasteiger partial charge in [0.15, 0.2) is 0 Å². The largest absolute Gasteiger partial charge is 0.491 e. The summed E-state index contributed by atoms with van der Waals surface area (Å²) in [5, 5.41) is -0.309. The molecule has 1 heterocycles. The van der Waals surface area contributed by atoms with Crippen molar-refractivity contribution in [1.82, 2.24) is 9.71 Å². The molecule has 0 aliphatic rings. The fourth-order valence-electron chi connectivity index (χ4n) is 2.96. The molecule has 0 aliphatic carbocycles. The minimum absolute atomic E-state index is 0.00762. The number of halogens is 4. The van der Waals surface area contributed by atoms with Gasteiger partial charge in [-0.3, -0.25) is 0 Å². The van der Waals surface area contributed by atoms with Gasteiger partial charge in [0.2, 0.25) is 15.9 Å². The van der Waals surface area contributed by atoms with Crippen molar-refractivity contribution in [3.05, 3.63) is 46.6 Å². The summed E-state index contributed by atoms with van der Waals surface area (Å²) in [5.41, 5.74) is -0.374. The molecule has 1 aromatic carbocycles. The Bertz CT molecular complexity index is 1080. The summed E-state index contributed by atoms with van der Waals surface area (Å²) in [6, 6.07) is 5.72. The first kappa shape index (κ1) is 29.2. The highest BCUT2D eigenvalue weighted by Crippen LogP contribution is 2.36. The number of pyridine rings is 1.